The summed E-state index contributed by atoms with van der Waals surface area (Å²) in [6.07, 6.45) is 0.584. The van der Waals surface area contributed by atoms with Gasteiger partial charge < -0.3 is 5.32 Å². The zero-order valence-electron chi connectivity index (χ0n) is 16.2. The highest BCUT2D eigenvalue weighted by molar-refractivity contribution is 5.94. The Hall–Kier alpha value is -2.44. The molecule has 6 heteroatoms. The molecule has 2 N–H and O–H groups in total. The summed E-state index contributed by atoms with van der Waals surface area (Å²) in [6, 6.07) is 16.6. The van der Waals surface area contributed by atoms with Crippen molar-refractivity contribution in [3.8, 4) is 0 Å². The highest BCUT2D eigenvalue weighted by Crippen LogP contribution is 2.28. The first-order chi connectivity index (χ1) is 13.6. The van der Waals surface area contributed by atoms with Crippen molar-refractivity contribution in [3.05, 3.63) is 65.7 Å². The van der Waals surface area contributed by atoms with Gasteiger partial charge in [-0.25, -0.2) is 4.39 Å². The molecule has 1 heterocycles. The Morgan fingerprint density at radius 3 is 2.57 bits per heavy atom. The average Bonchev–Trinajstić information content (AvgIpc) is 3.16. The van der Waals surface area contributed by atoms with Crippen molar-refractivity contribution in [3.63, 3.8) is 0 Å². The third kappa shape index (κ3) is 5.09. The average molecular weight is 385 g/mol. The second kappa shape index (κ2) is 9.66. The molecule has 2 aromatic carbocycles. The zero-order chi connectivity index (χ0) is 19.9. The molecule has 1 amide bonds. The van der Waals surface area contributed by atoms with Crippen molar-refractivity contribution in [1.29, 1.82) is 0 Å². The fourth-order valence-corrected chi connectivity index (χ4v) is 3.53. The number of hydroxylamine groups is 1. The lowest BCUT2D eigenvalue weighted by Gasteiger charge is -2.31. The van der Waals surface area contributed by atoms with Gasteiger partial charge in [0.25, 0.3) is 5.91 Å². The molecule has 0 radical (unpaired) electrons. The number of rotatable bonds is 8. The van der Waals surface area contributed by atoms with Crippen LogP contribution in [0.4, 0.5) is 10.1 Å². The Morgan fingerprint density at radius 2 is 1.96 bits per heavy atom. The van der Waals surface area contributed by atoms with E-state index in [2.05, 4.69) is 10.2 Å². The molecule has 1 aliphatic rings. The van der Waals surface area contributed by atoms with Crippen LogP contribution >= 0.6 is 0 Å². The van der Waals surface area contributed by atoms with Crippen LogP contribution in [0.5, 0.6) is 0 Å². The molecule has 1 aliphatic heterocycles. The van der Waals surface area contributed by atoms with Gasteiger partial charge in [-0.15, -0.1) is 0 Å². The number of alkyl halides is 1. The standard InChI is InChI=1S/C22H28FN3O2/c1-2-13-24-22(27)18-8-10-20(11-9-18)26(28)16-21(17-6-4-3-5-7-17)25-14-12-19(23)15-25/h3-11,19,21,28H,2,12-16H2,1H3,(H,24,27)/t19-,21-/m0/s1. The SMILES string of the molecule is CCCNC(=O)c1ccc(N(O)C[C@@H](c2ccccc2)N2CC[C@H](F)C2)cc1. The van der Waals surface area contributed by atoms with Gasteiger partial charge >= 0.3 is 0 Å². The Labute approximate surface area is 165 Å². The fourth-order valence-electron chi connectivity index (χ4n) is 3.53. The van der Waals surface area contributed by atoms with Gasteiger partial charge in [0.1, 0.15) is 6.17 Å². The minimum Gasteiger partial charge on any atom is -0.352 e. The predicted octanol–water partition coefficient (Wildman–Crippen LogP) is 3.81. The van der Waals surface area contributed by atoms with Crippen molar-refractivity contribution in [2.75, 3.05) is 31.2 Å². The van der Waals surface area contributed by atoms with Gasteiger partial charge in [0.2, 0.25) is 0 Å². The van der Waals surface area contributed by atoms with E-state index < -0.39 is 6.17 Å². The number of halogens is 1. The van der Waals surface area contributed by atoms with Crippen molar-refractivity contribution in [2.45, 2.75) is 32.0 Å². The first-order valence-corrected chi connectivity index (χ1v) is 9.86. The van der Waals surface area contributed by atoms with E-state index >= 15 is 0 Å². The first-order valence-electron chi connectivity index (χ1n) is 9.86. The molecule has 3 rings (SSSR count). The van der Waals surface area contributed by atoms with Crippen LogP contribution in [0.15, 0.2) is 54.6 Å². The molecule has 2 atom stereocenters. The quantitative estimate of drug-likeness (QED) is 0.679. The molecule has 0 saturated carbocycles. The van der Waals surface area contributed by atoms with Gasteiger partial charge in [0.15, 0.2) is 0 Å². The van der Waals surface area contributed by atoms with Crippen LogP contribution in [-0.4, -0.2) is 48.4 Å². The lowest BCUT2D eigenvalue weighted by molar-refractivity contribution is 0.0953. The Kier molecular flexibility index (Phi) is 7.01. The molecule has 28 heavy (non-hydrogen) atoms. The summed E-state index contributed by atoms with van der Waals surface area (Å²) in [5, 5.41) is 14.7. The van der Waals surface area contributed by atoms with E-state index in [4.69, 9.17) is 0 Å². The van der Waals surface area contributed by atoms with Crippen LogP contribution in [0.2, 0.25) is 0 Å². The molecular formula is C22H28FN3O2. The molecule has 1 fully saturated rings. The van der Waals surface area contributed by atoms with Gasteiger partial charge in [-0.3, -0.25) is 20.0 Å². The van der Waals surface area contributed by atoms with E-state index in [0.717, 1.165) is 12.0 Å². The summed E-state index contributed by atoms with van der Waals surface area (Å²) in [6.45, 7) is 4.01. The molecule has 5 nitrogen and oxygen atoms in total. The summed E-state index contributed by atoms with van der Waals surface area (Å²) in [4.78, 5) is 14.1. The van der Waals surface area contributed by atoms with Crippen LogP contribution < -0.4 is 10.4 Å². The topological polar surface area (TPSA) is 55.8 Å². The van der Waals surface area contributed by atoms with E-state index in [-0.39, 0.29) is 11.9 Å². The van der Waals surface area contributed by atoms with E-state index in [1.807, 2.05) is 37.3 Å². The lowest BCUT2D eigenvalue weighted by atomic mass is 10.1. The molecule has 0 aromatic heterocycles. The van der Waals surface area contributed by atoms with Crippen LogP contribution in [0.3, 0.4) is 0 Å². The Bertz CT molecular complexity index is 754. The second-order valence-electron chi connectivity index (χ2n) is 7.19. The molecule has 0 aliphatic carbocycles. The number of likely N-dealkylation sites (tertiary alicyclic amines) is 1. The smallest absolute Gasteiger partial charge is 0.251 e. The molecule has 0 unspecified atom stereocenters. The molecule has 1 saturated heterocycles. The largest absolute Gasteiger partial charge is 0.352 e. The van der Waals surface area contributed by atoms with Crippen molar-refractivity contribution in [2.24, 2.45) is 0 Å². The monoisotopic (exact) mass is 385 g/mol. The number of nitrogens with zero attached hydrogens (tertiary/aromatic N) is 2. The van der Waals surface area contributed by atoms with Gasteiger partial charge in [-0.1, -0.05) is 37.3 Å². The molecule has 2 aromatic rings. The molecule has 0 spiro atoms. The minimum atomic E-state index is -0.820. The summed E-state index contributed by atoms with van der Waals surface area (Å²) in [7, 11) is 0. The maximum Gasteiger partial charge on any atom is 0.251 e. The third-order valence-corrected chi connectivity index (χ3v) is 5.10. The maximum atomic E-state index is 13.8. The zero-order valence-corrected chi connectivity index (χ0v) is 16.2. The van der Waals surface area contributed by atoms with E-state index in [9.17, 15) is 14.4 Å². The normalized spacial score (nSPS) is 18.0. The number of carbonyl (C=O) groups excluding carboxylic acids is 1. The second-order valence-corrected chi connectivity index (χ2v) is 7.19. The van der Waals surface area contributed by atoms with Gasteiger partial charge in [0, 0.05) is 25.2 Å². The number of amides is 1. The van der Waals surface area contributed by atoms with E-state index in [1.54, 1.807) is 24.3 Å². The summed E-state index contributed by atoms with van der Waals surface area (Å²) >= 11 is 0. The van der Waals surface area contributed by atoms with Crippen LogP contribution in [-0.2, 0) is 0 Å². The lowest BCUT2D eigenvalue weighted by Crippen LogP contribution is -2.36. The summed E-state index contributed by atoms with van der Waals surface area (Å²) in [5.74, 6) is -0.119. The molecule has 150 valence electrons. The van der Waals surface area contributed by atoms with Gasteiger partial charge in [-0.05, 0) is 42.7 Å². The number of carbonyl (C=O) groups is 1. The number of hydrogen-bond donors (Lipinski definition) is 2. The molecule has 0 bridgehead atoms. The maximum absolute atomic E-state index is 13.8. The molecular weight excluding hydrogens is 357 g/mol. The first kappa shape index (κ1) is 20.3. The third-order valence-electron chi connectivity index (χ3n) is 5.10. The fraction of sp³-hybridized carbons (Fsp3) is 0.409. The van der Waals surface area contributed by atoms with Crippen LogP contribution in [0.1, 0.15) is 41.7 Å². The van der Waals surface area contributed by atoms with Crippen molar-refractivity contribution >= 4 is 11.6 Å². The van der Waals surface area contributed by atoms with Gasteiger partial charge in [-0.2, -0.15) is 0 Å². The summed E-state index contributed by atoms with van der Waals surface area (Å²) in [5.41, 5.74) is 2.21. The van der Waals surface area contributed by atoms with Gasteiger partial charge in [0.05, 0.1) is 18.3 Å². The van der Waals surface area contributed by atoms with Crippen LogP contribution in [0, 0.1) is 0 Å². The Morgan fingerprint density at radius 1 is 1.25 bits per heavy atom. The van der Waals surface area contributed by atoms with Crippen molar-refractivity contribution < 1.29 is 14.4 Å². The number of benzene rings is 2. The number of hydrogen-bond acceptors (Lipinski definition) is 4. The predicted molar refractivity (Wildman–Crippen MR) is 108 cm³/mol. The highest BCUT2D eigenvalue weighted by Gasteiger charge is 2.30. The number of anilines is 1. The van der Waals surface area contributed by atoms with Crippen LogP contribution in [0.25, 0.3) is 0 Å². The number of nitrogens with one attached hydrogen (secondary N) is 1. The van der Waals surface area contributed by atoms with E-state index in [0.29, 0.717) is 43.9 Å². The minimum absolute atomic E-state index is 0.112. The van der Waals surface area contributed by atoms with Crippen molar-refractivity contribution in [1.82, 2.24) is 10.2 Å². The van der Waals surface area contributed by atoms with E-state index in [1.165, 1.54) is 5.06 Å². The Balaban J connectivity index is 1.71. The highest BCUT2D eigenvalue weighted by atomic mass is 19.1. The summed E-state index contributed by atoms with van der Waals surface area (Å²) < 4.78 is 13.8.